The van der Waals surface area contributed by atoms with Crippen molar-refractivity contribution >= 4 is 33.3 Å². The third-order valence-electron chi connectivity index (χ3n) is 4.15. The van der Waals surface area contributed by atoms with E-state index in [4.69, 9.17) is 4.74 Å². The van der Waals surface area contributed by atoms with Crippen molar-refractivity contribution in [2.24, 2.45) is 5.92 Å². The van der Waals surface area contributed by atoms with Crippen LogP contribution in [0.25, 0.3) is 6.08 Å². The minimum atomic E-state index is 0.759. The predicted octanol–water partition coefficient (Wildman–Crippen LogP) is 5.02. The van der Waals surface area contributed by atoms with Gasteiger partial charge in [-0.25, -0.2) is 0 Å². The molecular weight excluding hydrogens is 346 g/mol. The lowest BCUT2D eigenvalue weighted by Gasteiger charge is -2.25. The highest BCUT2D eigenvalue weighted by atomic mass is 79.9. The van der Waals surface area contributed by atoms with Crippen LogP contribution in [0.2, 0.25) is 0 Å². The van der Waals surface area contributed by atoms with Crippen molar-refractivity contribution in [3.8, 4) is 0 Å². The molecule has 1 aliphatic carbocycles. The molecule has 1 aliphatic rings. The average Bonchev–Trinajstić information content (AvgIpc) is 2.81. The number of thiophene rings is 1. The summed E-state index contributed by atoms with van der Waals surface area (Å²) < 4.78 is 6.35. The molecule has 21 heavy (non-hydrogen) atoms. The minimum Gasteiger partial charge on any atom is -0.383 e. The van der Waals surface area contributed by atoms with E-state index < -0.39 is 0 Å². The summed E-state index contributed by atoms with van der Waals surface area (Å²) in [7, 11) is 1.76. The van der Waals surface area contributed by atoms with Crippen molar-refractivity contribution in [1.82, 2.24) is 5.32 Å². The highest BCUT2D eigenvalue weighted by molar-refractivity contribution is 9.10. The summed E-state index contributed by atoms with van der Waals surface area (Å²) in [4.78, 5) is 2.73. The molecule has 0 unspecified atom stereocenters. The van der Waals surface area contributed by atoms with Gasteiger partial charge in [0, 0.05) is 34.4 Å². The van der Waals surface area contributed by atoms with Crippen molar-refractivity contribution in [1.29, 1.82) is 0 Å². The second-order valence-electron chi connectivity index (χ2n) is 5.78. The fourth-order valence-electron chi connectivity index (χ4n) is 2.93. The van der Waals surface area contributed by atoms with Gasteiger partial charge < -0.3 is 10.1 Å². The summed E-state index contributed by atoms with van der Waals surface area (Å²) in [5, 5.41) is 3.52. The molecule has 1 saturated carbocycles. The predicted molar refractivity (Wildman–Crippen MR) is 96.1 cm³/mol. The maximum Gasteiger partial charge on any atom is 0.0587 e. The maximum absolute atomic E-state index is 5.12. The number of halogens is 1. The molecule has 0 bridgehead atoms. The van der Waals surface area contributed by atoms with E-state index in [0.29, 0.717) is 0 Å². The lowest BCUT2D eigenvalue weighted by molar-refractivity contribution is 0.200. The van der Waals surface area contributed by atoms with E-state index in [1.54, 1.807) is 12.7 Å². The fraction of sp³-hybridized carbons (Fsp3) is 0.647. The molecular formula is C17H26BrNOS. The van der Waals surface area contributed by atoms with E-state index in [0.717, 1.165) is 25.6 Å². The van der Waals surface area contributed by atoms with E-state index >= 15 is 0 Å². The molecule has 0 aromatic carbocycles. The third kappa shape index (κ3) is 5.51. The minimum absolute atomic E-state index is 0.759. The normalized spacial score (nSPS) is 17.4. The van der Waals surface area contributed by atoms with Crippen LogP contribution in [0.3, 0.4) is 0 Å². The van der Waals surface area contributed by atoms with Crippen LogP contribution >= 0.6 is 27.3 Å². The summed E-state index contributed by atoms with van der Waals surface area (Å²) in [6.07, 6.45) is 9.29. The monoisotopic (exact) mass is 371 g/mol. The van der Waals surface area contributed by atoms with Crippen molar-refractivity contribution in [3.63, 3.8) is 0 Å². The van der Waals surface area contributed by atoms with Crippen LogP contribution in [0.5, 0.6) is 0 Å². The number of nitrogens with one attached hydrogen (secondary N) is 1. The zero-order valence-electron chi connectivity index (χ0n) is 13.1. The lowest BCUT2D eigenvalue weighted by atomic mass is 9.83. The molecule has 1 heterocycles. The molecule has 2 nitrogen and oxygen atoms in total. The van der Waals surface area contributed by atoms with Gasteiger partial charge in [-0.2, -0.15) is 0 Å². The second-order valence-corrected chi connectivity index (χ2v) is 7.92. The van der Waals surface area contributed by atoms with E-state index in [9.17, 15) is 0 Å². The van der Waals surface area contributed by atoms with E-state index in [2.05, 4.69) is 40.3 Å². The zero-order chi connectivity index (χ0) is 15.1. The van der Waals surface area contributed by atoms with Gasteiger partial charge in [0.1, 0.15) is 0 Å². The first-order valence-corrected chi connectivity index (χ1v) is 9.47. The molecule has 0 amide bonds. The van der Waals surface area contributed by atoms with Crippen molar-refractivity contribution < 1.29 is 4.74 Å². The molecule has 118 valence electrons. The summed E-state index contributed by atoms with van der Waals surface area (Å²) >= 11 is 5.50. The lowest BCUT2D eigenvalue weighted by Crippen LogP contribution is -2.25. The number of hydrogen-bond donors (Lipinski definition) is 1. The van der Waals surface area contributed by atoms with Gasteiger partial charge in [-0.1, -0.05) is 24.8 Å². The Bertz CT molecular complexity index is 444. The van der Waals surface area contributed by atoms with Crippen LogP contribution in [0.4, 0.5) is 0 Å². The molecule has 1 aromatic rings. The van der Waals surface area contributed by atoms with Gasteiger partial charge in [0.25, 0.3) is 0 Å². The summed E-state index contributed by atoms with van der Waals surface area (Å²) in [5.74, 6) is 0.759. The zero-order valence-corrected chi connectivity index (χ0v) is 15.5. The topological polar surface area (TPSA) is 21.3 Å². The van der Waals surface area contributed by atoms with Crippen LogP contribution < -0.4 is 5.32 Å². The van der Waals surface area contributed by atoms with Gasteiger partial charge in [-0.15, -0.1) is 11.3 Å². The highest BCUT2D eigenvalue weighted by Crippen LogP contribution is 2.33. The van der Waals surface area contributed by atoms with E-state index in [1.807, 2.05) is 11.3 Å². The molecule has 0 radical (unpaired) electrons. The molecule has 0 spiro atoms. The van der Waals surface area contributed by atoms with Crippen LogP contribution in [-0.2, 0) is 4.74 Å². The first kappa shape index (κ1) is 17.2. The quantitative estimate of drug-likeness (QED) is 0.679. The largest absolute Gasteiger partial charge is 0.383 e. The molecule has 0 saturated heterocycles. The first-order chi connectivity index (χ1) is 10.2. The van der Waals surface area contributed by atoms with Crippen LogP contribution in [-0.4, -0.2) is 26.8 Å². The number of ether oxygens (including phenoxy) is 1. The van der Waals surface area contributed by atoms with Crippen LogP contribution in [0, 0.1) is 12.8 Å². The Labute approximate surface area is 141 Å². The van der Waals surface area contributed by atoms with Crippen molar-refractivity contribution in [2.75, 3.05) is 26.8 Å². The van der Waals surface area contributed by atoms with Crippen molar-refractivity contribution in [3.05, 3.63) is 25.9 Å². The molecule has 4 heteroatoms. The van der Waals surface area contributed by atoms with Gasteiger partial charge in [-0.05, 0) is 53.8 Å². The Morgan fingerprint density at radius 3 is 2.81 bits per heavy atom. The van der Waals surface area contributed by atoms with Gasteiger partial charge in [-0.3, -0.25) is 0 Å². The number of hydrogen-bond acceptors (Lipinski definition) is 3. The maximum atomic E-state index is 5.12. The Morgan fingerprint density at radius 2 is 2.19 bits per heavy atom. The van der Waals surface area contributed by atoms with Crippen LogP contribution in [0.15, 0.2) is 16.1 Å². The third-order valence-corrected chi connectivity index (χ3v) is 6.23. The number of aryl methyl sites for hydroxylation is 1. The van der Waals surface area contributed by atoms with Gasteiger partial charge >= 0.3 is 0 Å². The SMILES string of the molecule is COCCNCC(=Cc1cc(Br)c(C)s1)C1CCCCC1. The highest BCUT2D eigenvalue weighted by Gasteiger charge is 2.18. The second kappa shape index (κ2) is 9.09. The summed E-state index contributed by atoms with van der Waals surface area (Å²) in [6.45, 7) is 4.86. The Balaban J connectivity index is 2.05. The summed E-state index contributed by atoms with van der Waals surface area (Å²) in [5.41, 5.74) is 1.57. The van der Waals surface area contributed by atoms with Gasteiger partial charge in [0.15, 0.2) is 0 Å². The summed E-state index contributed by atoms with van der Waals surface area (Å²) in [6, 6.07) is 2.25. The first-order valence-electron chi connectivity index (χ1n) is 7.86. The standard InChI is InChI=1S/C17H26BrNOS/c1-13-17(18)11-16(21-13)10-15(12-19-8-9-20-2)14-6-4-3-5-7-14/h10-11,14,19H,3-9,12H2,1-2H3. The van der Waals surface area contributed by atoms with Gasteiger partial charge in [0.2, 0.25) is 0 Å². The fourth-order valence-corrected chi connectivity index (χ4v) is 4.47. The molecule has 2 rings (SSSR count). The molecule has 1 aromatic heterocycles. The number of methoxy groups -OCH3 is 1. The molecule has 0 atom stereocenters. The number of rotatable bonds is 7. The van der Waals surface area contributed by atoms with Crippen LogP contribution in [0.1, 0.15) is 41.9 Å². The Hall–Kier alpha value is -0.160. The Kier molecular flexibility index (Phi) is 7.44. The smallest absolute Gasteiger partial charge is 0.0587 e. The van der Waals surface area contributed by atoms with Gasteiger partial charge in [0.05, 0.1) is 6.61 Å². The molecule has 1 N–H and O–H groups in total. The Morgan fingerprint density at radius 1 is 1.43 bits per heavy atom. The molecule has 1 fully saturated rings. The van der Waals surface area contributed by atoms with E-state index in [-0.39, 0.29) is 0 Å². The molecule has 0 aliphatic heterocycles. The van der Waals surface area contributed by atoms with E-state index in [1.165, 1.54) is 46.3 Å². The average molecular weight is 372 g/mol. The van der Waals surface area contributed by atoms with Crippen molar-refractivity contribution in [2.45, 2.75) is 39.0 Å².